The highest BCUT2D eigenvalue weighted by atomic mass is 35.5. The van der Waals surface area contributed by atoms with Gasteiger partial charge < -0.3 is 20.1 Å². The second kappa shape index (κ2) is 9.33. The van der Waals surface area contributed by atoms with Crippen LogP contribution in [0.15, 0.2) is 23.4 Å². The molecule has 0 spiro atoms. The van der Waals surface area contributed by atoms with E-state index in [1.807, 2.05) is 13.8 Å². The number of carbonyl (C=O) groups is 2. The Kier molecular flexibility index (Phi) is 7.39. The first-order valence-electron chi connectivity index (χ1n) is 8.91. The van der Waals surface area contributed by atoms with Gasteiger partial charge in [0.1, 0.15) is 0 Å². The number of carbonyl (C=O) groups excluding carboxylic acids is 2. The maximum atomic E-state index is 12.7. The topological polar surface area (TPSA) is 76.7 Å². The number of amides is 2. The van der Waals surface area contributed by atoms with Gasteiger partial charge in [-0.05, 0) is 44.4 Å². The third-order valence-electron chi connectivity index (χ3n) is 3.87. The van der Waals surface area contributed by atoms with E-state index < -0.39 is 18.0 Å². The Hall–Kier alpha value is -1.92. The third-order valence-corrected chi connectivity index (χ3v) is 4.44. The summed E-state index contributed by atoms with van der Waals surface area (Å²) in [6.07, 6.45) is 0.983. The number of rotatable bonds is 7. The van der Waals surface area contributed by atoms with Crippen LogP contribution in [-0.4, -0.2) is 24.7 Å². The van der Waals surface area contributed by atoms with Crippen LogP contribution in [0, 0.1) is 0 Å². The number of hydrogen-bond donors (Lipinski definition) is 2. The molecule has 0 radical (unpaired) electrons. The molecule has 0 aliphatic carbocycles. The highest BCUT2D eigenvalue weighted by molar-refractivity contribution is 6.37. The van der Waals surface area contributed by atoms with Crippen LogP contribution in [0.3, 0.4) is 0 Å². The Morgan fingerprint density at radius 2 is 1.85 bits per heavy atom. The smallest absolute Gasteiger partial charge is 0.338 e. The summed E-state index contributed by atoms with van der Waals surface area (Å²) in [7, 11) is 0. The average molecular weight is 415 g/mol. The Morgan fingerprint density at radius 3 is 2.37 bits per heavy atom. The lowest BCUT2D eigenvalue weighted by Crippen LogP contribution is -2.46. The predicted octanol–water partition coefficient (Wildman–Crippen LogP) is 4.75. The minimum atomic E-state index is -0.727. The normalized spacial score (nSPS) is 16.9. The number of hydrogen-bond acceptors (Lipinski definition) is 4. The zero-order chi connectivity index (χ0) is 20.1. The molecule has 1 aromatic rings. The molecule has 1 aliphatic rings. The molecule has 1 heterocycles. The molecule has 27 heavy (non-hydrogen) atoms. The lowest BCUT2D eigenvalue weighted by atomic mass is 9.94. The van der Waals surface area contributed by atoms with Crippen molar-refractivity contribution in [2.75, 3.05) is 6.61 Å². The fourth-order valence-electron chi connectivity index (χ4n) is 2.75. The molecule has 1 unspecified atom stereocenters. The Bertz CT molecular complexity index is 739. The van der Waals surface area contributed by atoms with E-state index in [0.717, 1.165) is 6.42 Å². The molecule has 0 aromatic heterocycles. The maximum Gasteiger partial charge on any atom is 0.338 e. The molecule has 0 bridgehead atoms. The minimum absolute atomic E-state index is 0.293. The van der Waals surface area contributed by atoms with Crippen LogP contribution in [0.5, 0.6) is 5.75 Å². The van der Waals surface area contributed by atoms with Gasteiger partial charge in [0.2, 0.25) is 0 Å². The summed E-state index contributed by atoms with van der Waals surface area (Å²) in [5, 5.41) is 6.05. The molecule has 0 saturated carbocycles. The van der Waals surface area contributed by atoms with Crippen molar-refractivity contribution >= 4 is 35.2 Å². The van der Waals surface area contributed by atoms with E-state index >= 15 is 0 Å². The summed E-state index contributed by atoms with van der Waals surface area (Å²) in [4.78, 5) is 24.8. The molecular weight excluding hydrogens is 391 g/mol. The molecule has 1 aliphatic heterocycles. The zero-order valence-corrected chi connectivity index (χ0v) is 17.3. The van der Waals surface area contributed by atoms with Gasteiger partial charge in [-0.15, -0.1) is 0 Å². The quantitative estimate of drug-likeness (QED) is 0.630. The molecule has 148 valence electrons. The van der Waals surface area contributed by atoms with E-state index in [9.17, 15) is 9.59 Å². The second-order valence-electron chi connectivity index (χ2n) is 6.39. The highest BCUT2D eigenvalue weighted by Crippen LogP contribution is 2.38. The van der Waals surface area contributed by atoms with E-state index in [2.05, 4.69) is 10.6 Å². The third kappa shape index (κ3) is 5.08. The van der Waals surface area contributed by atoms with Crippen LogP contribution in [0.1, 0.15) is 52.1 Å². The summed E-state index contributed by atoms with van der Waals surface area (Å²) in [5.41, 5.74) is 1.42. The van der Waals surface area contributed by atoms with E-state index in [1.165, 1.54) is 0 Å². The van der Waals surface area contributed by atoms with Gasteiger partial charge in [0.15, 0.2) is 5.75 Å². The largest absolute Gasteiger partial charge is 0.490 e. The number of urea groups is 1. The van der Waals surface area contributed by atoms with Crippen molar-refractivity contribution in [2.45, 2.75) is 52.7 Å². The van der Waals surface area contributed by atoms with Crippen LogP contribution >= 0.6 is 23.2 Å². The van der Waals surface area contributed by atoms with Crippen molar-refractivity contribution in [3.05, 3.63) is 39.0 Å². The fourth-order valence-corrected chi connectivity index (χ4v) is 3.37. The first-order valence-corrected chi connectivity index (χ1v) is 9.67. The van der Waals surface area contributed by atoms with Crippen molar-refractivity contribution in [1.82, 2.24) is 10.6 Å². The molecule has 2 N–H and O–H groups in total. The number of ether oxygens (including phenoxy) is 2. The number of halogens is 2. The molecule has 6 nitrogen and oxygen atoms in total. The van der Waals surface area contributed by atoms with Gasteiger partial charge in [0.25, 0.3) is 0 Å². The Balaban J connectivity index is 2.49. The maximum absolute atomic E-state index is 12.7. The fraction of sp³-hybridized carbons (Fsp3) is 0.474. The molecular formula is C19H24Cl2N2O4. The lowest BCUT2D eigenvalue weighted by molar-refractivity contribution is -0.143. The predicted molar refractivity (Wildman–Crippen MR) is 105 cm³/mol. The standard InChI is InChI=1S/C19H24Cl2N2O4/c1-5-7-26-17-12(20)8-11(9-13(17)21)16-15(18(24)27-10(3)4)14(6-2)22-19(25)23-16/h8-10,16H,5-7H2,1-4H3,(H2,22,23,25). The van der Waals surface area contributed by atoms with E-state index in [0.29, 0.717) is 45.7 Å². The summed E-state index contributed by atoms with van der Waals surface area (Å²) >= 11 is 12.7. The zero-order valence-electron chi connectivity index (χ0n) is 15.8. The van der Waals surface area contributed by atoms with Crippen LogP contribution < -0.4 is 15.4 Å². The summed E-state index contributed by atoms with van der Waals surface area (Å²) in [6.45, 7) is 7.84. The molecule has 2 amide bonds. The van der Waals surface area contributed by atoms with Crippen molar-refractivity contribution in [1.29, 1.82) is 0 Å². The van der Waals surface area contributed by atoms with Gasteiger partial charge in [-0.25, -0.2) is 9.59 Å². The number of allylic oxidation sites excluding steroid dienone is 1. The van der Waals surface area contributed by atoms with Gasteiger partial charge in [0.05, 0.1) is 34.4 Å². The first-order chi connectivity index (χ1) is 12.8. The Labute approximate surface area is 169 Å². The monoisotopic (exact) mass is 414 g/mol. The van der Waals surface area contributed by atoms with E-state index in [1.54, 1.807) is 26.0 Å². The van der Waals surface area contributed by atoms with Gasteiger partial charge >= 0.3 is 12.0 Å². The van der Waals surface area contributed by atoms with Crippen molar-refractivity contribution < 1.29 is 19.1 Å². The van der Waals surface area contributed by atoms with Crippen molar-refractivity contribution in [3.63, 3.8) is 0 Å². The molecule has 0 fully saturated rings. The SMILES string of the molecule is CCCOc1c(Cl)cc(C2NC(=O)NC(CC)=C2C(=O)OC(C)C)cc1Cl. The van der Waals surface area contributed by atoms with Crippen LogP contribution in [-0.2, 0) is 9.53 Å². The summed E-state index contributed by atoms with van der Waals surface area (Å²) < 4.78 is 10.9. The molecule has 8 heteroatoms. The second-order valence-corrected chi connectivity index (χ2v) is 7.21. The van der Waals surface area contributed by atoms with Gasteiger partial charge in [-0.3, -0.25) is 0 Å². The molecule has 1 atom stereocenters. The highest BCUT2D eigenvalue weighted by Gasteiger charge is 2.34. The van der Waals surface area contributed by atoms with Gasteiger partial charge in [-0.2, -0.15) is 0 Å². The van der Waals surface area contributed by atoms with E-state index in [4.69, 9.17) is 32.7 Å². The minimum Gasteiger partial charge on any atom is -0.490 e. The van der Waals surface area contributed by atoms with Crippen molar-refractivity contribution in [2.24, 2.45) is 0 Å². The first kappa shape index (κ1) is 21.4. The Morgan fingerprint density at radius 1 is 1.22 bits per heavy atom. The number of benzene rings is 1. The van der Waals surface area contributed by atoms with Gasteiger partial charge in [-0.1, -0.05) is 37.0 Å². The van der Waals surface area contributed by atoms with Crippen molar-refractivity contribution in [3.8, 4) is 5.75 Å². The molecule has 1 aromatic carbocycles. The number of esters is 1. The average Bonchev–Trinajstić information content (AvgIpc) is 2.59. The van der Waals surface area contributed by atoms with Crippen LogP contribution in [0.2, 0.25) is 10.0 Å². The lowest BCUT2D eigenvalue weighted by Gasteiger charge is -2.30. The number of nitrogens with one attached hydrogen (secondary N) is 2. The summed E-state index contributed by atoms with van der Waals surface area (Å²) in [6, 6.07) is 2.15. The van der Waals surface area contributed by atoms with Crippen LogP contribution in [0.25, 0.3) is 0 Å². The van der Waals surface area contributed by atoms with Gasteiger partial charge in [0, 0.05) is 5.70 Å². The molecule has 0 saturated heterocycles. The molecule has 2 rings (SSSR count). The van der Waals surface area contributed by atoms with E-state index in [-0.39, 0.29) is 6.10 Å². The summed E-state index contributed by atoms with van der Waals surface area (Å²) in [5.74, 6) is -0.117. The van der Waals surface area contributed by atoms with Crippen LogP contribution in [0.4, 0.5) is 4.79 Å².